The fraction of sp³-hybridized carbons (Fsp3) is 0.429. The fourth-order valence-electron chi connectivity index (χ4n) is 2.38. The molecule has 0 bridgehead atoms. The van der Waals surface area contributed by atoms with Crippen molar-refractivity contribution in [3.05, 3.63) is 35.6 Å². The van der Waals surface area contributed by atoms with E-state index in [1.807, 2.05) is 0 Å². The van der Waals surface area contributed by atoms with Crippen molar-refractivity contribution < 1.29 is 19.1 Å². The van der Waals surface area contributed by atoms with Gasteiger partial charge < -0.3 is 10.0 Å². The second-order valence-corrected chi connectivity index (χ2v) is 4.93. The molecule has 2 rings (SSSR count). The van der Waals surface area contributed by atoms with E-state index in [0.717, 1.165) is 0 Å². The summed E-state index contributed by atoms with van der Waals surface area (Å²) in [6, 6.07) is 5.21. The minimum Gasteiger partial charge on any atom is -0.395 e. The van der Waals surface area contributed by atoms with E-state index in [0.29, 0.717) is 18.5 Å². The van der Waals surface area contributed by atoms with Gasteiger partial charge in [0.2, 0.25) is 5.91 Å². The van der Waals surface area contributed by atoms with Crippen molar-refractivity contribution in [1.29, 1.82) is 0 Å². The lowest BCUT2D eigenvalue weighted by molar-refractivity contribution is -0.133. The lowest BCUT2D eigenvalue weighted by Gasteiger charge is -2.22. The number of halogens is 1. The Bertz CT molecular complexity index is 500. The van der Waals surface area contributed by atoms with Crippen LogP contribution in [0.1, 0.15) is 23.7 Å². The molecule has 5 heteroatoms. The number of hydrogen-bond acceptors (Lipinski definition) is 3. The SMILES string of the molecule is C[C@@]1(C(=O)c2ccc(F)cc2)CCN(CCO)C1=O. The van der Waals surface area contributed by atoms with Gasteiger partial charge >= 0.3 is 0 Å². The van der Waals surface area contributed by atoms with E-state index < -0.39 is 11.2 Å². The summed E-state index contributed by atoms with van der Waals surface area (Å²) in [5.74, 6) is -0.977. The Morgan fingerprint density at radius 2 is 2.05 bits per heavy atom. The average Bonchev–Trinajstić information content (AvgIpc) is 2.69. The van der Waals surface area contributed by atoms with Crippen molar-refractivity contribution in [2.75, 3.05) is 19.7 Å². The van der Waals surface area contributed by atoms with E-state index in [-0.39, 0.29) is 24.8 Å². The molecule has 1 aromatic carbocycles. The van der Waals surface area contributed by atoms with Crippen molar-refractivity contribution in [1.82, 2.24) is 4.90 Å². The van der Waals surface area contributed by atoms with Crippen molar-refractivity contribution in [2.45, 2.75) is 13.3 Å². The zero-order valence-corrected chi connectivity index (χ0v) is 10.7. The van der Waals surface area contributed by atoms with Crippen LogP contribution in [0, 0.1) is 11.2 Å². The topological polar surface area (TPSA) is 57.6 Å². The standard InChI is InChI=1S/C14H16FNO3/c1-14(6-7-16(8-9-17)13(14)19)12(18)10-2-4-11(15)5-3-10/h2-5,17H,6-9H2,1H3/t14-/m0/s1. The second kappa shape index (κ2) is 5.09. The first kappa shape index (κ1) is 13.7. The maximum atomic E-state index is 12.8. The predicted octanol–water partition coefficient (Wildman–Crippen LogP) is 1.24. The number of aliphatic hydroxyl groups is 1. The summed E-state index contributed by atoms with van der Waals surface area (Å²) >= 11 is 0. The number of benzene rings is 1. The first-order valence-corrected chi connectivity index (χ1v) is 6.19. The molecular weight excluding hydrogens is 249 g/mol. The van der Waals surface area contributed by atoms with Crippen LogP contribution in [-0.2, 0) is 4.79 Å². The third kappa shape index (κ3) is 2.38. The molecule has 1 heterocycles. The van der Waals surface area contributed by atoms with Crippen LogP contribution in [0.15, 0.2) is 24.3 Å². The number of hydrogen-bond donors (Lipinski definition) is 1. The molecule has 0 aromatic heterocycles. The van der Waals surface area contributed by atoms with Crippen molar-refractivity contribution in [3.8, 4) is 0 Å². The van der Waals surface area contributed by atoms with E-state index in [9.17, 15) is 14.0 Å². The van der Waals surface area contributed by atoms with Crippen LogP contribution in [0.3, 0.4) is 0 Å². The Hall–Kier alpha value is -1.75. The number of amides is 1. The normalized spacial score (nSPS) is 22.9. The number of nitrogens with zero attached hydrogens (tertiary/aromatic N) is 1. The Balaban J connectivity index is 2.23. The minimum atomic E-state index is -1.10. The van der Waals surface area contributed by atoms with Crippen LogP contribution in [-0.4, -0.2) is 41.4 Å². The lowest BCUT2D eigenvalue weighted by Crippen LogP contribution is -2.39. The van der Waals surface area contributed by atoms with Crippen LogP contribution < -0.4 is 0 Å². The third-order valence-corrected chi connectivity index (χ3v) is 3.62. The Morgan fingerprint density at radius 1 is 1.42 bits per heavy atom. The maximum absolute atomic E-state index is 12.8. The summed E-state index contributed by atoms with van der Waals surface area (Å²) in [4.78, 5) is 26.1. The first-order chi connectivity index (χ1) is 8.99. The van der Waals surface area contributed by atoms with Gasteiger partial charge in [0.15, 0.2) is 5.78 Å². The van der Waals surface area contributed by atoms with E-state index >= 15 is 0 Å². The third-order valence-electron chi connectivity index (χ3n) is 3.62. The van der Waals surface area contributed by atoms with Gasteiger partial charge in [0.25, 0.3) is 0 Å². The molecule has 1 aliphatic rings. The highest BCUT2D eigenvalue weighted by atomic mass is 19.1. The Kier molecular flexibility index (Phi) is 3.66. The zero-order chi connectivity index (χ0) is 14.0. The molecule has 1 aromatic rings. The molecule has 0 unspecified atom stereocenters. The molecule has 1 aliphatic heterocycles. The Morgan fingerprint density at radius 3 is 2.63 bits per heavy atom. The van der Waals surface area contributed by atoms with Gasteiger partial charge in [0.1, 0.15) is 11.2 Å². The highest BCUT2D eigenvalue weighted by molar-refractivity contribution is 6.14. The average molecular weight is 265 g/mol. The van der Waals surface area contributed by atoms with Crippen LogP contribution >= 0.6 is 0 Å². The van der Waals surface area contributed by atoms with Gasteiger partial charge in [-0.3, -0.25) is 9.59 Å². The second-order valence-electron chi connectivity index (χ2n) is 4.93. The number of ketones is 1. The molecule has 0 spiro atoms. The Labute approximate surface area is 110 Å². The van der Waals surface area contributed by atoms with Gasteiger partial charge in [-0.15, -0.1) is 0 Å². The molecule has 1 N–H and O–H groups in total. The highest BCUT2D eigenvalue weighted by Crippen LogP contribution is 2.34. The maximum Gasteiger partial charge on any atom is 0.236 e. The number of aliphatic hydroxyl groups excluding tert-OH is 1. The van der Waals surface area contributed by atoms with Gasteiger partial charge in [-0.2, -0.15) is 0 Å². The number of Topliss-reactive ketones (excluding diaryl/α,β-unsaturated/α-hetero) is 1. The van der Waals surface area contributed by atoms with Gasteiger partial charge in [0.05, 0.1) is 6.61 Å². The van der Waals surface area contributed by atoms with Gasteiger partial charge in [0, 0.05) is 18.7 Å². The van der Waals surface area contributed by atoms with Crippen molar-refractivity contribution in [2.24, 2.45) is 5.41 Å². The van der Waals surface area contributed by atoms with Crippen LogP contribution in [0.25, 0.3) is 0 Å². The highest BCUT2D eigenvalue weighted by Gasteiger charge is 2.48. The fourth-order valence-corrected chi connectivity index (χ4v) is 2.38. The summed E-state index contributed by atoms with van der Waals surface area (Å²) in [5.41, 5.74) is -0.768. The van der Waals surface area contributed by atoms with Crippen molar-refractivity contribution in [3.63, 3.8) is 0 Å². The number of carbonyl (C=O) groups excluding carboxylic acids is 2. The molecule has 0 radical (unpaired) electrons. The molecule has 1 saturated heterocycles. The number of β-amino-alcohol motifs (C(OH)–C–C–N with tert-alkyl or cyclic N) is 1. The van der Waals surface area contributed by atoms with Gasteiger partial charge in [-0.1, -0.05) is 0 Å². The van der Waals surface area contributed by atoms with Gasteiger partial charge in [-0.05, 0) is 37.6 Å². The molecule has 4 nitrogen and oxygen atoms in total. The van der Waals surface area contributed by atoms with E-state index in [1.54, 1.807) is 6.92 Å². The summed E-state index contributed by atoms with van der Waals surface area (Å²) < 4.78 is 12.8. The smallest absolute Gasteiger partial charge is 0.236 e. The molecule has 1 fully saturated rings. The molecule has 102 valence electrons. The minimum absolute atomic E-state index is 0.118. The molecule has 1 atom stereocenters. The van der Waals surface area contributed by atoms with E-state index in [1.165, 1.54) is 29.2 Å². The monoisotopic (exact) mass is 265 g/mol. The summed E-state index contributed by atoms with van der Waals surface area (Å²) in [5, 5.41) is 8.88. The first-order valence-electron chi connectivity index (χ1n) is 6.19. The largest absolute Gasteiger partial charge is 0.395 e. The molecule has 1 amide bonds. The van der Waals surface area contributed by atoms with Crippen LogP contribution in [0.5, 0.6) is 0 Å². The number of carbonyl (C=O) groups is 2. The van der Waals surface area contributed by atoms with Crippen LogP contribution in [0.2, 0.25) is 0 Å². The molecule has 0 saturated carbocycles. The van der Waals surface area contributed by atoms with E-state index in [4.69, 9.17) is 5.11 Å². The summed E-state index contributed by atoms with van der Waals surface area (Å²) in [6.07, 6.45) is 0.419. The summed E-state index contributed by atoms with van der Waals surface area (Å²) in [7, 11) is 0. The quantitative estimate of drug-likeness (QED) is 0.658. The van der Waals surface area contributed by atoms with Gasteiger partial charge in [-0.25, -0.2) is 4.39 Å². The van der Waals surface area contributed by atoms with E-state index in [2.05, 4.69) is 0 Å². The molecule has 0 aliphatic carbocycles. The lowest BCUT2D eigenvalue weighted by atomic mass is 9.81. The summed E-state index contributed by atoms with van der Waals surface area (Å²) in [6.45, 7) is 2.19. The number of rotatable bonds is 4. The predicted molar refractivity (Wildman–Crippen MR) is 67.1 cm³/mol. The molecular formula is C14H16FNO3. The number of likely N-dealkylation sites (tertiary alicyclic amines) is 1. The van der Waals surface area contributed by atoms with Crippen LogP contribution in [0.4, 0.5) is 4.39 Å². The van der Waals surface area contributed by atoms with Crippen molar-refractivity contribution >= 4 is 11.7 Å². The molecule has 19 heavy (non-hydrogen) atoms. The zero-order valence-electron chi connectivity index (χ0n) is 10.7.